The minimum absolute atomic E-state index is 0.372. The Morgan fingerprint density at radius 1 is 1.24 bits per heavy atom. The largest absolute Gasteiger partial charge is 0.399 e. The maximum absolute atomic E-state index is 13.2. The molecule has 0 bridgehead atoms. The number of benzene rings is 2. The predicted molar refractivity (Wildman–Crippen MR) is 70.3 cm³/mol. The van der Waals surface area contributed by atoms with Crippen LogP contribution < -0.4 is 11.1 Å². The summed E-state index contributed by atoms with van der Waals surface area (Å²) in [6, 6.07) is 9.91. The molecular formula is C13H12ClFN2. The Balaban J connectivity index is 2.34. The van der Waals surface area contributed by atoms with Crippen molar-refractivity contribution in [3.05, 3.63) is 52.8 Å². The van der Waals surface area contributed by atoms with Crippen LogP contribution in [0.3, 0.4) is 0 Å². The Morgan fingerprint density at radius 3 is 2.71 bits per heavy atom. The van der Waals surface area contributed by atoms with E-state index in [1.807, 2.05) is 25.1 Å². The molecule has 0 aliphatic rings. The molecule has 4 heteroatoms. The molecule has 2 rings (SSSR count). The van der Waals surface area contributed by atoms with Crippen molar-refractivity contribution < 1.29 is 4.39 Å². The Kier molecular flexibility index (Phi) is 3.20. The van der Waals surface area contributed by atoms with E-state index in [9.17, 15) is 4.39 Å². The average molecular weight is 251 g/mol. The van der Waals surface area contributed by atoms with Crippen LogP contribution in [0.2, 0.25) is 5.02 Å². The van der Waals surface area contributed by atoms with Crippen LogP contribution in [0.25, 0.3) is 0 Å². The number of hydrogen-bond acceptors (Lipinski definition) is 2. The van der Waals surface area contributed by atoms with E-state index < -0.39 is 0 Å². The van der Waals surface area contributed by atoms with Gasteiger partial charge in [-0.2, -0.15) is 0 Å². The molecule has 0 unspecified atom stereocenters. The third-order valence-corrected chi connectivity index (χ3v) is 2.89. The highest BCUT2D eigenvalue weighted by Gasteiger charge is 2.04. The van der Waals surface area contributed by atoms with Gasteiger partial charge >= 0.3 is 0 Å². The van der Waals surface area contributed by atoms with Crippen LogP contribution in [-0.2, 0) is 0 Å². The molecule has 0 spiro atoms. The fraction of sp³-hybridized carbons (Fsp3) is 0.0769. The molecule has 0 saturated heterocycles. The lowest BCUT2D eigenvalue weighted by Crippen LogP contribution is -1.95. The van der Waals surface area contributed by atoms with Crippen molar-refractivity contribution in [1.29, 1.82) is 0 Å². The van der Waals surface area contributed by atoms with Gasteiger partial charge in [-0.05, 0) is 36.8 Å². The number of nitrogens with two attached hydrogens (primary N) is 1. The van der Waals surface area contributed by atoms with Gasteiger partial charge in [0.05, 0.1) is 10.7 Å². The lowest BCUT2D eigenvalue weighted by Gasteiger charge is -2.10. The van der Waals surface area contributed by atoms with Crippen molar-refractivity contribution in [2.75, 3.05) is 11.1 Å². The van der Waals surface area contributed by atoms with Crippen LogP contribution in [0.5, 0.6) is 0 Å². The lowest BCUT2D eigenvalue weighted by molar-refractivity contribution is 0.629. The second kappa shape index (κ2) is 4.63. The molecule has 3 N–H and O–H groups in total. The van der Waals surface area contributed by atoms with Crippen LogP contribution in [-0.4, -0.2) is 0 Å². The van der Waals surface area contributed by atoms with Gasteiger partial charge in [-0.1, -0.05) is 23.7 Å². The summed E-state index contributed by atoms with van der Waals surface area (Å²) in [5.74, 6) is -0.378. The number of nitrogens with one attached hydrogen (secondary N) is 1. The highest BCUT2D eigenvalue weighted by molar-refractivity contribution is 6.34. The van der Waals surface area contributed by atoms with E-state index in [4.69, 9.17) is 17.3 Å². The van der Waals surface area contributed by atoms with Gasteiger partial charge in [0.1, 0.15) is 5.82 Å². The highest BCUT2D eigenvalue weighted by atomic mass is 35.5. The van der Waals surface area contributed by atoms with E-state index >= 15 is 0 Å². The third-order valence-electron chi connectivity index (χ3n) is 2.39. The summed E-state index contributed by atoms with van der Waals surface area (Å²) in [6.07, 6.45) is 0. The lowest BCUT2D eigenvalue weighted by atomic mass is 10.2. The minimum atomic E-state index is -0.378. The number of halogens is 2. The normalized spacial score (nSPS) is 10.3. The van der Waals surface area contributed by atoms with Gasteiger partial charge in [-0.25, -0.2) is 4.39 Å². The minimum Gasteiger partial charge on any atom is -0.399 e. The topological polar surface area (TPSA) is 38.0 Å². The Morgan fingerprint density at radius 2 is 2.00 bits per heavy atom. The number of hydrogen-bond donors (Lipinski definition) is 2. The van der Waals surface area contributed by atoms with Crippen molar-refractivity contribution in [1.82, 2.24) is 0 Å². The van der Waals surface area contributed by atoms with Crippen molar-refractivity contribution in [3.8, 4) is 0 Å². The molecule has 2 nitrogen and oxygen atoms in total. The van der Waals surface area contributed by atoms with E-state index in [-0.39, 0.29) is 5.82 Å². The molecule has 0 radical (unpaired) electrons. The fourth-order valence-electron chi connectivity index (χ4n) is 1.58. The molecule has 0 aromatic heterocycles. The standard InChI is InChI=1S/C13H12ClFN2/c1-8-3-2-4-12(13(8)14)17-11-6-9(15)5-10(16)7-11/h2-7,17H,16H2,1H3. The fourth-order valence-corrected chi connectivity index (χ4v) is 1.76. The first-order valence-corrected chi connectivity index (χ1v) is 5.52. The molecule has 0 saturated carbocycles. The van der Waals surface area contributed by atoms with E-state index in [2.05, 4.69) is 5.32 Å². The highest BCUT2D eigenvalue weighted by Crippen LogP contribution is 2.29. The van der Waals surface area contributed by atoms with Gasteiger partial charge < -0.3 is 11.1 Å². The summed E-state index contributed by atoms with van der Waals surface area (Å²) >= 11 is 6.14. The zero-order chi connectivity index (χ0) is 12.4. The smallest absolute Gasteiger partial charge is 0.127 e. The summed E-state index contributed by atoms with van der Waals surface area (Å²) in [5.41, 5.74) is 8.21. The van der Waals surface area contributed by atoms with Crippen molar-refractivity contribution in [3.63, 3.8) is 0 Å². The summed E-state index contributed by atoms with van der Waals surface area (Å²) in [7, 11) is 0. The van der Waals surface area contributed by atoms with Crippen LogP contribution in [0.1, 0.15) is 5.56 Å². The Bertz CT molecular complexity index is 535. The van der Waals surface area contributed by atoms with Crippen molar-refractivity contribution >= 4 is 28.7 Å². The number of rotatable bonds is 2. The number of aryl methyl sites for hydroxylation is 1. The molecule has 17 heavy (non-hydrogen) atoms. The molecule has 0 aliphatic carbocycles. The van der Waals surface area contributed by atoms with Crippen LogP contribution in [0, 0.1) is 12.7 Å². The van der Waals surface area contributed by atoms with E-state index in [1.54, 1.807) is 6.07 Å². The molecule has 0 atom stereocenters. The van der Waals surface area contributed by atoms with Gasteiger partial charge in [0.15, 0.2) is 0 Å². The Hall–Kier alpha value is -1.74. The summed E-state index contributed by atoms with van der Waals surface area (Å²) in [6.45, 7) is 1.91. The van der Waals surface area contributed by atoms with Crippen LogP contribution in [0.15, 0.2) is 36.4 Å². The zero-order valence-corrected chi connectivity index (χ0v) is 10.1. The summed E-state index contributed by atoms with van der Waals surface area (Å²) < 4.78 is 13.2. The quantitative estimate of drug-likeness (QED) is 0.787. The molecule has 88 valence electrons. The van der Waals surface area contributed by atoms with Crippen molar-refractivity contribution in [2.24, 2.45) is 0 Å². The monoisotopic (exact) mass is 250 g/mol. The van der Waals surface area contributed by atoms with Gasteiger partial charge in [0, 0.05) is 11.4 Å². The van der Waals surface area contributed by atoms with Gasteiger partial charge in [0.2, 0.25) is 0 Å². The van der Waals surface area contributed by atoms with Crippen LogP contribution in [0.4, 0.5) is 21.5 Å². The van der Waals surface area contributed by atoms with Gasteiger partial charge in [-0.3, -0.25) is 0 Å². The van der Waals surface area contributed by atoms with E-state index in [0.717, 1.165) is 11.3 Å². The SMILES string of the molecule is Cc1cccc(Nc2cc(N)cc(F)c2)c1Cl. The first-order chi connectivity index (χ1) is 8.06. The van der Waals surface area contributed by atoms with E-state index in [1.165, 1.54) is 12.1 Å². The van der Waals surface area contributed by atoms with Crippen LogP contribution >= 0.6 is 11.6 Å². The van der Waals surface area contributed by atoms with E-state index in [0.29, 0.717) is 16.4 Å². The molecule has 2 aromatic rings. The third kappa shape index (κ3) is 2.68. The zero-order valence-electron chi connectivity index (χ0n) is 9.30. The second-order valence-corrected chi connectivity index (χ2v) is 4.21. The first kappa shape index (κ1) is 11.7. The molecule has 0 heterocycles. The van der Waals surface area contributed by atoms with Crippen molar-refractivity contribution in [2.45, 2.75) is 6.92 Å². The average Bonchev–Trinajstić information content (AvgIpc) is 2.23. The molecule has 0 amide bonds. The second-order valence-electron chi connectivity index (χ2n) is 3.83. The molecule has 0 aliphatic heterocycles. The molecule has 0 fully saturated rings. The van der Waals surface area contributed by atoms with Gasteiger partial charge in [-0.15, -0.1) is 0 Å². The molecule has 2 aromatic carbocycles. The maximum Gasteiger partial charge on any atom is 0.127 e. The first-order valence-electron chi connectivity index (χ1n) is 5.14. The predicted octanol–water partition coefficient (Wildman–Crippen LogP) is 4.11. The Labute approximate surface area is 104 Å². The van der Waals surface area contributed by atoms with Gasteiger partial charge in [0.25, 0.3) is 0 Å². The summed E-state index contributed by atoms with van der Waals surface area (Å²) in [5, 5.41) is 3.66. The molecular weight excluding hydrogens is 239 g/mol. The maximum atomic E-state index is 13.2. The summed E-state index contributed by atoms with van der Waals surface area (Å²) in [4.78, 5) is 0. The number of nitrogen functional groups attached to an aromatic ring is 1. The number of anilines is 3.